The van der Waals surface area contributed by atoms with Gasteiger partial charge < -0.3 is 9.47 Å². The van der Waals surface area contributed by atoms with Gasteiger partial charge in [-0.25, -0.2) is 0 Å². The average molecular weight is 302 g/mol. The second-order valence-corrected chi connectivity index (χ2v) is 6.29. The lowest BCUT2D eigenvalue weighted by molar-refractivity contribution is -0.112. The second-order valence-electron chi connectivity index (χ2n) is 6.29. The Labute approximate surface area is 133 Å². The van der Waals surface area contributed by atoms with Gasteiger partial charge in [0.1, 0.15) is 6.10 Å². The quantitative estimate of drug-likeness (QED) is 0.712. The van der Waals surface area contributed by atoms with Gasteiger partial charge in [0, 0.05) is 6.42 Å². The Hall–Kier alpha value is -1.45. The first-order valence-electron chi connectivity index (χ1n) is 8.04. The van der Waals surface area contributed by atoms with Crippen molar-refractivity contribution in [1.82, 2.24) is 0 Å². The molecular formula is C19H26O3. The Morgan fingerprint density at radius 1 is 1.41 bits per heavy atom. The molecule has 0 aromatic heterocycles. The third-order valence-corrected chi connectivity index (χ3v) is 4.03. The Morgan fingerprint density at radius 3 is 2.77 bits per heavy atom. The third kappa shape index (κ3) is 4.79. The highest BCUT2D eigenvalue weighted by atomic mass is 16.6. The van der Waals surface area contributed by atoms with E-state index in [0.29, 0.717) is 6.61 Å². The van der Waals surface area contributed by atoms with Crippen molar-refractivity contribution in [3.8, 4) is 0 Å². The normalized spacial score (nSPS) is 28.3. The van der Waals surface area contributed by atoms with Crippen LogP contribution >= 0.6 is 0 Å². The standard InChI is InChI=1S/C19H26O3/c1-4-12-19(3)13-18(17(22-19)11-10-15(2)20)21-14-16-8-6-5-7-9-16/h5-11,17-18H,4,12-14H2,1-3H3/b11-10+/t17-,18+,19+/m0/s1. The van der Waals surface area contributed by atoms with Gasteiger partial charge in [0.05, 0.1) is 18.3 Å². The summed E-state index contributed by atoms with van der Waals surface area (Å²) in [7, 11) is 0. The molecule has 1 aliphatic rings. The zero-order valence-electron chi connectivity index (χ0n) is 13.7. The minimum absolute atomic E-state index is 0.00708. The van der Waals surface area contributed by atoms with Crippen molar-refractivity contribution in [1.29, 1.82) is 0 Å². The zero-order chi connectivity index (χ0) is 16.0. The molecule has 3 nitrogen and oxygen atoms in total. The van der Waals surface area contributed by atoms with Crippen molar-refractivity contribution < 1.29 is 14.3 Å². The SMILES string of the molecule is CCC[C@]1(C)C[C@@H](OCc2ccccc2)[C@H](/C=C/C(C)=O)O1. The van der Waals surface area contributed by atoms with Gasteiger partial charge in [-0.1, -0.05) is 43.7 Å². The lowest BCUT2D eigenvalue weighted by Crippen LogP contribution is -2.24. The number of rotatable bonds is 7. The molecule has 1 saturated heterocycles. The molecule has 0 amide bonds. The van der Waals surface area contributed by atoms with Crippen molar-refractivity contribution in [3.63, 3.8) is 0 Å². The van der Waals surface area contributed by atoms with E-state index in [1.165, 1.54) is 0 Å². The molecule has 0 radical (unpaired) electrons. The van der Waals surface area contributed by atoms with Crippen LogP contribution in [0.2, 0.25) is 0 Å². The Morgan fingerprint density at radius 2 is 2.14 bits per heavy atom. The summed E-state index contributed by atoms with van der Waals surface area (Å²) in [5, 5.41) is 0. The first kappa shape index (κ1) is 16.9. The molecule has 0 N–H and O–H groups in total. The molecule has 0 unspecified atom stereocenters. The maximum Gasteiger partial charge on any atom is 0.152 e. The van der Waals surface area contributed by atoms with Gasteiger partial charge in [-0.05, 0) is 38.0 Å². The Balaban J connectivity index is 2.02. The van der Waals surface area contributed by atoms with Gasteiger partial charge in [0.2, 0.25) is 0 Å². The molecule has 1 fully saturated rings. The molecule has 2 rings (SSSR count). The molecule has 0 saturated carbocycles. The van der Waals surface area contributed by atoms with E-state index in [1.807, 2.05) is 24.3 Å². The summed E-state index contributed by atoms with van der Waals surface area (Å²) >= 11 is 0. The van der Waals surface area contributed by atoms with Crippen LogP contribution in [0.15, 0.2) is 42.5 Å². The first-order chi connectivity index (χ1) is 10.5. The minimum Gasteiger partial charge on any atom is -0.370 e. The average Bonchev–Trinajstić information content (AvgIpc) is 2.80. The van der Waals surface area contributed by atoms with Crippen molar-refractivity contribution in [3.05, 3.63) is 48.0 Å². The number of ketones is 1. The van der Waals surface area contributed by atoms with Gasteiger partial charge >= 0.3 is 0 Å². The van der Waals surface area contributed by atoms with E-state index in [9.17, 15) is 4.79 Å². The molecule has 0 spiro atoms. The molecule has 120 valence electrons. The summed E-state index contributed by atoms with van der Waals surface area (Å²) in [4.78, 5) is 11.2. The predicted octanol–water partition coefficient (Wildman–Crippen LogP) is 4.06. The van der Waals surface area contributed by atoms with Crippen LogP contribution in [-0.2, 0) is 20.9 Å². The van der Waals surface area contributed by atoms with Crippen LogP contribution in [-0.4, -0.2) is 23.6 Å². The number of allylic oxidation sites excluding steroid dienone is 1. The van der Waals surface area contributed by atoms with Crippen LogP contribution in [0, 0.1) is 0 Å². The molecule has 0 bridgehead atoms. The van der Waals surface area contributed by atoms with Crippen molar-refractivity contribution in [2.24, 2.45) is 0 Å². The minimum atomic E-state index is -0.165. The van der Waals surface area contributed by atoms with Crippen LogP contribution < -0.4 is 0 Å². The number of carbonyl (C=O) groups is 1. The predicted molar refractivity (Wildman–Crippen MR) is 87.6 cm³/mol. The number of carbonyl (C=O) groups excluding carboxylic acids is 1. The summed E-state index contributed by atoms with van der Waals surface area (Å²) < 4.78 is 12.3. The van der Waals surface area contributed by atoms with Crippen LogP contribution in [0.1, 0.15) is 45.6 Å². The monoisotopic (exact) mass is 302 g/mol. The largest absolute Gasteiger partial charge is 0.370 e. The highest BCUT2D eigenvalue weighted by Crippen LogP contribution is 2.36. The van der Waals surface area contributed by atoms with Gasteiger partial charge in [-0.15, -0.1) is 0 Å². The molecule has 3 atom stereocenters. The van der Waals surface area contributed by atoms with Crippen LogP contribution in [0.4, 0.5) is 0 Å². The molecule has 3 heteroatoms. The molecule has 1 heterocycles. The van der Waals surface area contributed by atoms with E-state index in [2.05, 4.69) is 26.0 Å². The number of benzene rings is 1. The fraction of sp³-hybridized carbons (Fsp3) is 0.526. The lowest BCUT2D eigenvalue weighted by Gasteiger charge is -2.22. The molecule has 1 aliphatic heterocycles. The summed E-state index contributed by atoms with van der Waals surface area (Å²) in [6.07, 6.45) is 6.21. The molecule has 1 aromatic rings. The highest BCUT2D eigenvalue weighted by Gasteiger charge is 2.42. The summed E-state index contributed by atoms with van der Waals surface area (Å²) in [6, 6.07) is 10.1. The topological polar surface area (TPSA) is 35.5 Å². The maximum absolute atomic E-state index is 11.2. The van der Waals surface area contributed by atoms with Gasteiger partial charge in [0.15, 0.2) is 5.78 Å². The number of hydrogen-bond acceptors (Lipinski definition) is 3. The zero-order valence-corrected chi connectivity index (χ0v) is 13.7. The van der Waals surface area contributed by atoms with E-state index in [0.717, 1.165) is 24.8 Å². The highest BCUT2D eigenvalue weighted by molar-refractivity contribution is 5.87. The van der Waals surface area contributed by atoms with E-state index < -0.39 is 0 Å². The van der Waals surface area contributed by atoms with Gasteiger partial charge in [0.25, 0.3) is 0 Å². The van der Waals surface area contributed by atoms with Crippen LogP contribution in [0.25, 0.3) is 0 Å². The van der Waals surface area contributed by atoms with Gasteiger partial charge in [-0.3, -0.25) is 4.79 Å². The summed E-state index contributed by atoms with van der Waals surface area (Å²) in [5.74, 6) is 0.0366. The van der Waals surface area contributed by atoms with E-state index in [-0.39, 0.29) is 23.6 Å². The van der Waals surface area contributed by atoms with Crippen molar-refractivity contribution in [2.75, 3.05) is 0 Å². The first-order valence-corrected chi connectivity index (χ1v) is 8.04. The summed E-state index contributed by atoms with van der Waals surface area (Å²) in [5.41, 5.74) is 0.989. The Bertz CT molecular complexity index is 509. The summed E-state index contributed by atoms with van der Waals surface area (Å²) in [6.45, 7) is 6.42. The number of hydrogen-bond donors (Lipinski definition) is 0. The van der Waals surface area contributed by atoms with E-state index >= 15 is 0 Å². The lowest BCUT2D eigenvalue weighted by atomic mass is 9.95. The van der Waals surface area contributed by atoms with Crippen molar-refractivity contribution in [2.45, 2.75) is 64.4 Å². The maximum atomic E-state index is 11.2. The van der Waals surface area contributed by atoms with Crippen molar-refractivity contribution >= 4 is 5.78 Å². The van der Waals surface area contributed by atoms with Crippen LogP contribution in [0.5, 0.6) is 0 Å². The molecule has 22 heavy (non-hydrogen) atoms. The van der Waals surface area contributed by atoms with E-state index in [1.54, 1.807) is 13.0 Å². The van der Waals surface area contributed by atoms with E-state index in [4.69, 9.17) is 9.47 Å². The smallest absolute Gasteiger partial charge is 0.152 e. The fourth-order valence-electron chi connectivity index (χ4n) is 3.01. The van der Waals surface area contributed by atoms with Crippen LogP contribution in [0.3, 0.4) is 0 Å². The van der Waals surface area contributed by atoms with Gasteiger partial charge in [-0.2, -0.15) is 0 Å². The second kappa shape index (κ2) is 7.70. The fourth-order valence-corrected chi connectivity index (χ4v) is 3.01. The molecule has 1 aromatic carbocycles. The third-order valence-electron chi connectivity index (χ3n) is 4.03. The molecule has 0 aliphatic carbocycles. The molecular weight excluding hydrogens is 276 g/mol. The Kier molecular flexibility index (Phi) is 5.92. The number of ether oxygens (including phenoxy) is 2.